The molecule has 1 saturated carbocycles. The van der Waals surface area contributed by atoms with Gasteiger partial charge in [0.25, 0.3) is 0 Å². The molecule has 2 fully saturated rings. The van der Waals surface area contributed by atoms with Crippen LogP contribution in [0.2, 0.25) is 0 Å². The Morgan fingerprint density at radius 2 is 1.86 bits per heavy atom. The van der Waals surface area contributed by atoms with Crippen LogP contribution in [0.1, 0.15) is 30.1 Å². The number of pyridine rings is 1. The average molecular weight is 486 g/mol. The van der Waals surface area contributed by atoms with E-state index in [9.17, 15) is 17.6 Å². The molecule has 2 bridgehead atoms. The number of anilines is 1. The Balaban J connectivity index is 1.27. The van der Waals surface area contributed by atoms with E-state index in [1.165, 1.54) is 6.07 Å². The van der Waals surface area contributed by atoms with E-state index in [2.05, 4.69) is 20.1 Å². The highest BCUT2D eigenvalue weighted by atomic mass is 19.4. The van der Waals surface area contributed by atoms with Gasteiger partial charge in [-0.15, -0.1) is 0 Å². The van der Waals surface area contributed by atoms with Crippen molar-refractivity contribution in [1.82, 2.24) is 24.7 Å². The van der Waals surface area contributed by atoms with Gasteiger partial charge in [0.15, 0.2) is 17.3 Å². The molecule has 1 aliphatic heterocycles. The van der Waals surface area contributed by atoms with Gasteiger partial charge in [-0.3, -0.25) is 0 Å². The fraction of sp³-hybridized carbons (Fsp3) is 0.417. The van der Waals surface area contributed by atoms with Gasteiger partial charge >= 0.3 is 12.2 Å². The highest BCUT2D eigenvalue weighted by Crippen LogP contribution is 2.44. The second-order valence-corrected chi connectivity index (χ2v) is 9.41. The average Bonchev–Trinajstić information content (AvgIpc) is 3.48. The van der Waals surface area contributed by atoms with Crippen molar-refractivity contribution in [2.24, 2.45) is 17.8 Å². The van der Waals surface area contributed by atoms with Crippen molar-refractivity contribution in [3.05, 3.63) is 59.6 Å². The smallest absolute Gasteiger partial charge is 0.324 e. The highest BCUT2D eigenvalue weighted by Gasteiger charge is 2.43. The maximum Gasteiger partial charge on any atom is 0.419 e. The summed E-state index contributed by atoms with van der Waals surface area (Å²) >= 11 is 0. The summed E-state index contributed by atoms with van der Waals surface area (Å²) in [5.41, 5.74) is -0.127. The number of halogens is 4. The summed E-state index contributed by atoms with van der Waals surface area (Å²) in [6.07, 6.45) is -0.165. The van der Waals surface area contributed by atoms with E-state index in [1.807, 2.05) is 0 Å². The standard InChI is InChI=1S/C24H22F4N6O/c1-13-29-23(35-32-13)33-11-15-4-5-16(12-33)18(15)10-21-30-22-17(3-2-8-34(22)31-21)14-6-7-20(25)19(9-14)24(26,27)28/h2-3,6-9,15-16,18H,4-5,10-12H2,1H3/t15-,16+,18?. The molecule has 35 heavy (non-hydrogen) atoms. The Bertz CT molecular complexity index is 1380. The molecule has 0 N–H and O–H groups in total. The van der Waals surface area contributed by atoms with Crippen molar-refractivity contribution in [3.8, 4) is 11.1 Å². The zero-order chi connectivity index (χ0) is 24.3. The van der Waals surface area contributed by atoms with Crippen molar-refractivity contribution in [3.63, 3.8) is 0 Å². The number of benzene rings is 1. The van der Waals surface area contributed by atoms with E-state index in [-0.39, 0.29) is 5.56 Å². The zero-order valence-electron chi connectivity index (χ0n) is 18.8. The first-order chi connectivity index (χ1) is 16.8. The summed E-state index contributed by atoms with van der Waals surface area (Å²) in [6, 6.07) is 6.94. The van der Waals surface area contributed by atoms with Crippen LogP contribution in [0.3, 0.4) is 0 Å². The second-order valence-electron chi connectivity index (χ2n) is 9.41. The Kier molecular flexibility index (Phi) is 5.05. The molecule has 3 atom stereocenters. The first-order valence-electron chi connectivity index (χ1n) is 11.5. The van der Waals surface area contributed by atoms with Gasteiger partial charge in [0, 0.05) is 31.3 Å². The molecule has 2 aliphatic rings. The minimum absolute atomic E-state index is 0.242. The van der Waals surface area contributed by atoms with Gasteiger partial charge < -0.3 is 9.42 Å². The lowest BCUT2D eigenvalue weighted by Crippen LogP contribution is -2.43. The molecule has 1 aromatic carbocycles. The van der Waals surface area contributed by atoms with Crippen LogP contribution < -0.4 is 4.90 Å². The van der Waals surface area contributed by atoms with E-state index >= 15 is 0 Å². The summed E-state index contributed by atoms with van der Waals surface area (Å²) in [7, 11) is 0. The minimum atomic E-state index is -4.78. The van der Waals surface area contributed by atoms with Crippen molar-refractivity contribution in [1.29, 1.82) is 0 Å². The Hall–Kier alpha value is -3.50. The number of rotatable bonds is 4. The highest BCUT2D eigenvalue weighted by molar-refractivity contribution is 5.77. The largest absolute Gasteiger partial charge is 0.419 e. The third-order valence-corrected chi connectivity index (χ3v) is 7.22. The molecule has 7 nitrogen and oxygen atoms in total. The van der Waals surface area contributed by atoms with Gasteiger partial charge in [-0.25, -0.2) is 13.9 Å². The molecular formula is C24H22F4N6O. The molecular weight excluding hydrogens is 464 g/mol. The van der Waals surface area contributed by atoms with Crippen LogP contribution >= 0.6 is 0 Å². The van der Waals surface area contributed by atoms with Crippen molar-refractivity contribution in [2.75, 3.05) is 18.0 Å². The lowest BCUT2D eigenvalue weighted by Gasteiger charge is -2.36. The molecule has 182 valence electrons. The van der Waals surface area contributed by atoms with Gasteiger partial charge in [-0.1, -0.05) is 11.2 Å². The lowest BCUT2D eigenvalue weighted by atomic mass is 9.82. The molecule has 3 aromatic heterocycles. The monoisotopic (exact) mass is 486 g/mol. The van der Waals surface area contributed by atoms with Gasteiger partial charge in [-0.05, 0) is 67.3 Å². The van der Waals surface area contributed by atoms with Crippen LogP contribution in [0.25, 0.3) is 16.8 Å². The Morgan fingerprint density at radius 1 is 1.09 bits per heavy atom. The number of piperidine rings is 1. The van der Waals surface area contributed by atoms with Gasteiger partial charge in [0.05, 0.1) is 5.56 Å². The number of hydrogen-bond donors (Lipinski definition) is 0. The van der Waals surface area contributed by atoms with E-state index in [0.717, 1.165) is 38.1 Å². The minimum Gasteiger partial charge on any atom is -0.324 e. The second kappa shape index (κ2) is 8.03. The third-order valence-electron chi connectivity index (χ3n) is 7.22. The summed E-state index contributed by atoms with van der Waals surface area (Å²) < 4.78 is 60.5. The summed E-state index contributed by atoms with van der Waals surface area (Å²) in [4.78, 5) is 11.2. The Morgan fingerprint density at radius 3 is 2.54 bits per heavy atom. The van der Waals surface area contributed by atoms with Crippen molar-refractivity contribution < 1.29 is 22.1 Å². The molecule has 11 heteroatoms. The van der Waals surface area contributed by atoms with Crippen LogP contribution in [0.15, 0.2) is 41.1 Å². The van der Waals surface area contributed by atoms with Gasteiger partial charge in [0.2, 0.25) is 0 Å². The SMILES string of the molecule is Cc1noc(N2C[C@H]3CC[C@@H](C2)C3Cc2nc3c(-c4ccc(F)c(C(F)(F)F)c4)cccn3n2)n1. The van der Waals surface area contributed by atoms with E-state index in [1.54, 1.807) is 29.8 Å². The van der Waals surface area contributed by atoms with Crippen LogP contribution in [-0.4, -0.2) is 37.8 Å². The summed E-state index contributed by atoms with van der Waals surface area (Å²) in [6.45, 7) is 3.46. The fourth-order valence-electron chi connectivity index (χ4n) is 5.62. The Labute approximate surface area is 197 Å². The zero-order valence-corrected chi connectivity index (χ0v) is 18.8. The molecule has 0 radical (unpaired) electrons. The number of alkyl halides is 3. The van der Waals surface area contributed by atoms with Crippen LogP contribution in [0.5, 0.6) is 0 Å². The van der Waals surface area contributed by atoms with Gasteiger partial charge in [-0.2, -0.15) is 23.3 Å². The number of nitrogens with zero attached hydrogens (tertiary/aromatic N) is 6. The van der Waals surface area contributed by atoms with E-state index in [0.29, 0.717) is 53.0 Å². The van der Waals surface area contributed by atoms with E-state index in [4.69, 9.17) is 9.51 Å². The van der Waals surface area contributed by atoms with Gasteiger partial charge in [0.1, 0.15) is 5.82 Å². The maximum atomic E-state index is 13.8. The predicted molar refractivity (Wildman–Crippen MR) is 118 cm³/mol. The molecule has 1 saturated heterocycles. The molecule has 4 aromatic rings. The molecule has 1 aliphatic carbocycles. The number of hydrogen-bond acceptors (Lipinski definition) is 6. The molecule has 1 unspecified atom stereocenters. The third kappa shape index (κ3) is 3.92. The molecule has 0 amide bonds. The first-order valence-corrected chi connectivity index (χ1v) is 11.5. The maximum absolute atomic E-state index is 13.8. The number of aromatic nitrogens is 5. The normalized spacial score (nSPS) is 22.3. The molecule has 4 heterocycles. The summed E-state index contributed by atoms with van der Waals surface area (Å²) in [5, 5.41) is 8.51. The number of fused-ring (bicyclic) bond motifs is 3. The topological polar surface area (TPSA) is 72.4 Å². The fourth-order valence-corrected chi connectivity index (χ4v) is 5.62. The lowest BCUT2D eigenvalue weighted by molar-refractivity contribution is -0.139. The van der Waals surface area contributed by atoms with Crippen LogP contribution in [0, 0.1) is 30.5 Å². The number of aryl methyl sites for hydroxylation is 1. The quantitative estimate of drug-likeness (QED) is 0.380. The van der Waals surface area contributed by atoms with Crippen LogP contribution in [0.4, 0.5) is 23.6 Å². The molecule has 6 rings (SSSR count). The predicted octanol–water partition coefficient (Wildman–Crippen LogP) is 4.95. The molecule has 0 spiro atoms. The van der Waals surface area contributed by atoms with Crippen molar-refractivity contribution in [2.45, 2.75) is 32.4 Å². The van der Waals surface area contributed by atoms with E-state index < -0.39 is 17.6 Å². The van der Waals surface area contributed by atoms with Crippen molar-refractivity contribution >= 4 is 11.7 Å². The van der Waals surface area contributed by atoms with Crippen LogP contribution in [-0.2, 0) is 12.6 Å². The summed E-state index contributed by atoms with van der Waals surface area (Å²) in [5.74, 6) is 1.26. The first kappa shape index (κ1) is 22.0.